The highest BCUT2D eigenvalue weighted by Crippen LogP contribution is 2.32. The Labute approximate surface area is 223 Å². The van der Waals surface area contributed by atoms with Gasteiger partial charge in [0.05, 0.1) is 19.1 Å². The van der Waals surface area contributed by atoms with E-state index < -0.39 is 5.91 Å². The Bertz CT molecular complexity index is 1380. The Hall–Kier alpha value is -3.99. The van der Waals surface area contributed by atoms with Crippen LogP contribution >= 0.6 is 11.8 Å². The van der Waals surface area contributed by atoms with Gasteiger partial charge in [0.15, 0.2) is 17.3 Å². The number of rotatable bonds is 7. The van der Waals surface area contributed by atoms with Gasteiger partial charge < -0.3 is 14.4 Å². The first-order chi connectivity index (χ1) is 18.4. The molecule has 3 aliphatic rings. The highest BCUT2D eigenvalue weighted by molar-refractivity contribution is 8.27. The van der Waals surface area contributed by atoms with E-state index >= 15 is 0 Å². The van der Waals surface area contributed by atoms with Crippen molar-refractivity contribution >= 4 is 45.7 Å². The lowest BCUT2D eigenvalue weighted by molar-refractivity contribution is -0.130. The topological polar surface area (TPSA) is 108 Å². The van der Waals surface area contributed by atoms with Gasteiger partial charge in [-0.3, -0.25) is 15.0 Å². The number of carbonyl (C=O) groups excluding carboxylic acids is 2. The molecule has 38 heavy (non-hydrogen) atoms. The van der Waals surface area contributed by atoms with E-state index in [-0.39, 0.29) is 41.3 Å². The number of carbonyl (C=O) groups is 2. The van der Waals surface area contributed by atoms with Crippen molar-refractivity contribution in [1.29, 1.82) is 5.41 Å². The van der Waals surface area contributed by atoms with E-state index in [4.69, 9.17) is 14.9 Å². The van der Waals surface area contributed by atoms with Crippen molar-refractivity contribution < 1.29 is 23.5 Å². The highest BCUT2D eigenvalue weighted by Gasteiger charge is 2.36. The molecule has 3 aliphatic heterocycles. The van der Waals surface area contributed by atoms with Crippen molar-refractivity contribution in [2.45, 2.75) is 32.3 Å². The van der Waals surface area contributed by atoms with E-state index in [0.29, 0.717) is 27.7 Å². The summed E-state index contributed by atoms with van der Waals surface area (Å²) in [6.45, 7) is 1.52. The molecular weight excluding hydrogens is 509 g/mol. The third-order valence-corrected chi connectivity index (χ3v) is 7.26. The molecule has 9 nitrogen and oxygen atoms in total. The maximum atomic E-state index is 13.9. The number of amidine groups is 2. The monoisotopic (exact) mass is 535 g/mol. The number of thioether (sulfide) groups is 1. The number of hydrazone groups is 1. The van der Waals surface area contributed by atoms with Crippen LogP contribution in [0.4, 0.5) is 4.39 Å². The Balaban J connectivity index is 1.30. The molecule has 5 rings (SSSR count). The Morgan fingerprint density at radius 3 is 2.71 bits per heavy atom. The zero-order valence-corrected chi connectivity index (χ0v) is 21.6. The molecule has 0 unspecified atom stereocenters. The van der Waals surface area contributed by atoms with E-state index in [2.05, 4.69) is 10.1 Å². The number of fused-ring (bicyclic) bond motifs is 1. The second-order valence-corrected chi connectivity index (χ2v) is 9.96. The lowest BCUT2D eigenvalue weighted by Gasteiger charge is -2.26. The first-order valence-electron chi connectivity index (χ1n) is 12.2. The molecule has 0 aliphatic carbocycles. The molecule has 1 saturated heterocycles. The summed E-state index contributed by atoms with van der Waals surface area (Å²) in [7, 11) is 1.48. The number of nitrogens with one attached hydrogen (secondary N) is 1. The molecule has 0 bridgehead atoms. The fourth-order valence-corrected chi connectivity index (χ4v) is 5.19. The number of hydrogen-bond donors (Lipinski definition) is 1. The van der Waals surface area contributed by atoms with Crippen molar-refractivity contribution in [3.63, 3.8) is 0 Å². The molecule has 196 valence electrons. The summed E-state index contributed by atoms with van der Waals surface area (Å²) in [5.74, 6) is -0.244. The van der Waals surface area contributed by atoms with E-state index in [9.17, 15) is 14.0 Å². The number of methoxy groups -OCH3 is 1. The molecule has 0 radical (unpaired) electrons. The molecule has 11 heteroatoms. The Morgan fingerprint density at radius 1 is 1.16 bits per heavy atom. The lowest BCUT2D eigenvalue weighted by atomic mass is 10.1. The van der Waals surface area contributed by atoms with Gasteiger partial charge in [-0.15, -0.1) is 0 Å². The lowest BCUT2D eigenvalue weighted by Crippen LogP contribution is -2.36. The fraction of sp³-hybridized carbons (Fsp3) is 0.296. The first-order valence-corrected chi connectivity index (χ1v) is 13.1. The van der Waals surface area contributed by atoms with Crippen molar-refractivity contribution in [2.75, 3.05) is 20.2 Å². The molecule has 0 spiro atoms. The van der Waals surface area contributed by atoms with Gasteiger partial charge in [-0.25, -0.2) is 4.39 Å². The number of piperidine rings is 1. The number of hydrogen-bond acceptors (Lipinski definition) is 7. The smallest absolute Gasteiger partial charge is 0.283 e. The van der Waals surface area contributed by atoms with E-state index in [0.717, 1.165) is 44.1 Å². The van der Waals surface area contributed by atoms with Crippen molar-refractivity contribution in [3.8, 4) is 11.5 Å². The molecule has 0 atom stereocenters. The second-order valence-electron chi connectivity index (χ2n) is 8.92. The van der Waals surface area contributed by atoms with E-state index in [1.165, 1.54) is 24.3 Å². The van der Waals surface area contributed by atoms with Crippen LogP contribution in [0.3, 0.4) is 0 Å². The summed E-state index contributed by atoms with van der Waals surface area (Å²) < 4.78 is 25.1. The molecule has 0 saturated carbocycles. The number of halogens is 1. The molecule has 2 aromatic carbocycles. The number of ether oxygens (including phenoxy) is 2. The quantitative estimate of drug-likeness (QED) is 0.526. The Morgan fingerprint density at radius 2 is 1.95 bits per heavy atom. The van der Waals surface area contributed by atoms with Crippen LogP contribution in [0.15, 0.2) is 58.1 Å². The SMILES string of the molecule is COc1cc(C=C2C(=N)N3N=C(CC(=O)N4CCCCC4)SC3=NC2=O)ccc1OCc1ccccc1F. The van der Waals surface area contributed by atoms with Crippen LogP contribution in [0, 0.1) is 11.2 Å². The minimum Gasteiger partial charge on any atom is -0.493 e. The summed E-state index contributed by atoms with van der Waals surface area (Å²) in [5, 5.41) is 15.1. The molecule has 1 N–H and O–H groups in total. The predicted molar refractivity (Wildman–Crippen MR) is 144 cm³/mol. The third kappa shape index (κ3) is 5.47. The number of amides is 2. The van der Waals surface area contributed by atoms with Gasteiger partial charge >= 0.3 is 0 Å². The van der Waals surface area contributed by atoms with Gasteiger partial charge in [-0.05, 0) is 60.9 Å². The molecule has 0 aromatic heterocycles. The maximum absolute atomic E-state index is 13.9. The van der Waals surface area contributed by atoms with Crippen molar-refractivity contribution in [2.24, 2.45) is 10.1 Å². The highest BCUT2D eigenvalue weighted by atomic mass is 32.2. The Kier molecular flexibility index (Phi) is 7.54. The van der Waals surface area contributed by atoms with Crippen LogP contribution in [0.2, 0.25) is 0 Å². The standard InChI is InChI=1S/C27H26FN5O4S/c1-36-22-14-17(9-10-21(22)37-16-18-7-3-4-8-20(18)28)13-19-25(29)33-27(30-26(19)35)38-23(31-33)15-24(34)32-11-5-2-6-12-32/h3-4,7-10,13-14,29H,2,5-6,11-12,15-16H2,1H3. The van der Waals surface area contributed by atoms with Crippen LogP contribution in [-0.2, 0) is 16.2 Å². The number of likely N-dealkylation sites (tertiary alicyclic amines) is 1. The zero-order chi connectivity index (χ0) is 26.6. The average molecular weight is 536 g/mol. The summed E-state index contributed by atoms with van der Waals surface area (Å²) >= 11 is 1.14. The van der Waals surface area contributed by atoms with Crippen LogP contribution in [-0.4, -0.2) is 58.0 Å². The molecular formula is C27H26FN5O4S. The predicted octanol–water partition coefficient (Wildman–Crippen LogP) is 4.44. The van der Waals surface area contributed by atoms with Crippen LogP contribution in [0.5, 0.6) is 11.5 Å². The van der Waals surface area contributed by atoms with E-state index in [1.807, 2.05) is 4.90 Å². The minimum absolute atomic E-state index is 0.00516. The van der Waals surface area contributed by atoms with Gasteiger partial charge in [-0.2, -0.15) is 15.1 Å². The number of benzene rings is 2. The van der Waals surface area contributed by atoms with Gasteiger partial charge in [0.2, 0.25) is 11.1 Å². The summed E-state index contributed by atoms with van der Waals surface area (Å²) in [5.41, 5.74) is 1.06. The first kappa shape index (κ1) is 25.7. The van der Waals surface area contributed by atoms with Crippen LogP contribution < -0.4 is 9.47 Å². The van der Waals surface area contributed by atoms with Gasteiger partial charge in [0.1, 0.15) is 17.5 Å². The molecule has 2 amide bonds. The fourth-order valence-electron chi connectivity index (χ4n) is 4.32. The minimum atomic E-state index is -0.564. The number of aliphatic imine (C=N–C) groups is 1. The molecule has 3 heterocycles. The van der Waals surface area contributed by atoms with Crippen LogP contribution in [0.25, 0.3) is 6.08 Å². The maximum Gasteiger partial charge on any atom is 0.283 e. The molecule has 2 aromatic rings. The normalized spacial score (nSPS) is 18.3. The summed E-state index contributed by atoms with van der Waals surface area (Å²) in [4.78, 5) is 31.4. The van der Waals surface area contributed by atoms with Gasteiger partial charge in [-0.1, -0.05) is 24.3 Å². The molecule has 1 fully saturated rings. The average Bonchev–Trinajstić information content (AvgIpc) is 3.33. The number of nitrogens with zero attached hydrogens (tertiary/aromatic N) is 4. The van der Waals surface area contributed by atoms with Crippen molar-refractivity contribution in [1.82, 2.24) is 9.91 Å². The van der Waals surface area contributed by atoms with Crippen LogP contribution in [0.1, 0.15) is 36.8 Å². The summed E-state index contributed by atoms with van der Waals surface area (Å²) in [6, 6.07) is 11.4. The van der Waals surface area contributed by atoms with E-state index in [1.54, 1.807) is 36.4 Å². The second kappa shape index (κ2) is 11.2. The zero-order valence-electron chi connectivity index (χ0n) is 20.8. The third-order valence-electron chi connectivity index (χ3n) is 6.35. The van der Waals surface area contributed by atoms with Gasteiger partial charge in [0, 0.05) is 18.7 Å². The summed E-state index contributed by atoms with van der Waals surface area (Å²) in [6.07, 6.45) is 4.78. The van der Waals surface area contributed by atoms with Crippen molar-refractivity contribution in [3.05, 3.63) is 65.0 Å². The largest absolute Gasteiger partial charge is 0.493 e. The van der Waals surface area contributed by atoms with Gasteiger partial charge in [0.25, 0.3) is 5.91 Å².